The van der Waals surface area contributed by atoms with Gasteiger partial charge >= 0.3 is 0 Å². The number of nitrogens with one attached hydrogen (secondary N) is 1. The molecule has 0 fully saturated rings. The summed E-state index contributed by atoms with van der Waals surface area (Å²) in [5.74, 6) is 0.518. The van der Waals surface area contributed by atoms with E-state index >= 15 is 0 Å². The van der Waals surface area contributed by atoms with Crippen LogP contribution in [0.25, 0.3) is 0 Å². The number of rotatable bonds is 3. The SMILES string of the molecule is CC(=O)COc1ccn[nH]1. The van der Waals surface area contributed by atoms with E-state index in [4.69, 9.17) is 4.74 Å². The fraction of sp³-hybridized carbons (Fsp3) is 0.333. The van der Waals surface area contributed by atoms with Gasteiger partial charge in [0, 0.05) is 6.07 Å². The van der Waals surface area contributed by atoms with E-state index < -0.39 is 0 Å². The third-order valence-corrected chi connectivity index (χ3v) is 0.906. The van der Waals surface area contributed by atoms with Gasteiger partial charge in [-0.05, 0) is 6.92 Å². The quantitative estimate of drug-likeness (QED) is 0.660. The molecule has 0 radical (unpaired) electrons. The molecule has 1 aromatic rings. The summed E-state index contributed by atoms with van der Waals surface area (Å²) in [5, 5.41) is 6.21. The molecule has 1 heterocycles. The lowest BCUT2D eigenvalue weighted by Crippen LogP contribution is -2.06. The third-order valence-electron chi connectivity index (χ3n) is 0.906. The molecule has 4 heteroatoms. The first-order valence-electron chi connectivity index (χ1n) is 2.90. The Hall–Kier alpha value is -1.32. The van der Waals surface area contributed by atoms with Gasteiger partial charge in [-0.15, -0.1) is 0 Å². The number of carbonyl (C=O) groups excluding carboxylic acids is 1. The third kappa shape index (κ3) is 1.89. The van der Waals surface area contributed by atoms with Crippen LogP contribution in [0.2, 0.25) is 0 Å². The van der Waals surface area contributed by atoms with Crippen molar-refractivity contribution in [1.82, 2.24) is 10.2 Å². The maximum absolute atomic E-state index is 10.4. The number of carbonyl (C=O) groups is 1. The molecule has 0 saturated heterocycles. The van der Waals surface area contributed by atoms with E-state index in [0.29, 0.717) is 5.88 Å². The summed E-state index contributed by atoms with van der Waals surface area (Å²) in [6.07, 6.45) is 1.56. The summed E-state index contributed by atoms with van der Waals surface area (Å²) in [5.41, 5.74) is 0. The summed E-state index contributed by atoms with van der Waals surface area (Å²) in [6.45, 7) is 1.57. The zero-order valence-corrected chi connectivity index (χ0v) is 5.63. The van der Waals surface area contributed by atoms with Gasteiger partial charge in [-0.25, -0.2) is 5.10 Å². The van der Waals surface area contributed by atoms with E-state index in [0.717, 1.165) is 0 Å². The number of ketones is 1. The molecule has 0 unspecified atom stereocenters. The highest BCUT2D eigenvalue weighted by molar-refractivity contribution is 5.76. The predicted octanol–water partition coefficient (Wildman–Crippen LogP) is 0.378. The van der Waals surface area contributed by atoms with Gasteiger partial charge < -0.3 is 4.74 Å². The van der Waals surface area contributed by atoms with E-state index in [1.54, 1.807) is 12.3 Å². The van der Waals surface area contributed by atoms with Crippen molar-refractivity contribution in [2.75, 3.05) is 6.61 Å². The van der Waals surface area contributed by atoms with Crippen LogP contribution in [-0.4, -0.2) is 22.6 Å². The Labute approximate surface area is 58.2 Å². The predicted molar refractivity (Wildman–Crippen MR) is 34.8 cm³/mol. The second kappa shape index (κ2) is 3.00. The molecular formula is C6H8N2O2. The summed E-state index contributed by atoms with van der Waals surface area (Å²) in [4.78, 5) is 10.4. The molecular weight excluding hydrogens is 132 g/mol. The first-order chi connectivity index (χ1) is 4.79. The summed E-state index contributed by atoms with van der Waals surface area (Å²) < 4.78 is 4.94. The minimum Gasteiger partial charge on any atom is -0.470 e. The van der Waals surface area contributed by atoms with E-state index in [1.165, 1.54) is 6.92 Å². The van der Waals surface area contributed by atoms with E-state index in [2.05, 4.69) is 10.2 Å². The van der Waals surface area contributed by atoms with Gasteiger partial charge in [0.2, 0.25) is 5.88 Å². The first kappa shape index (κ1) is 6.80. The van der Waals surface area contributed by atoms with Crippen LogP contribution < -0.4 is 4.74 Å². The molecule has 0 aromatic carbocycles. The zero-order chi connectivity index (χ0) is 7.40. The summed E-state index contributed by atoms with van der Waals surface area (Å²) in [7, 11) is 0. The second-order valence-corrected chi connectivity index (χ2v) is 1.91. The molecule has 0 atom stereocenters. The molecule has 1 rings (SSSR count). The zero-order valence-electron chi connectivity index (χ0n) is 5.63. The maximum Gasteiger partial charge on any atom is 0.209 e. The Kier molecular flexibility index (Phi) is 2.04. The molecule has 54 valence electrons. The van der Waals surface area contributed by atoms with E-state index in [9.17, 15) is 4.79 Å². The number of Topliss-reactive ketones (excluding diaryl/α,β-unsaturated/α-hetero) is 1. The van der Waals surface area contributed by atoms with E-state index in [1.807, 2.05) is 0 Å². The van der Waals surface area contributed by atoms with E-state index in [-0.39, 0.29) is 12.4 Å². The number of aromatic amines is 1. The molecule has 0 aliphatic carbocycles. The van der Waals surface area contributed by atoms with Crippen molar-refractivity contribution in [3.8, 4) is 5.88 Å². The van der Waals surface area contributed by atoms with Crippen molar-refractivity contribution in [2.24, 2.45) is 0 Å². The molecule has 1 N–H and O–H groups in total. The van der Waals surface area contributed by atoms with Crippen LogP contribution in [0.1, 0.15) is 6.92 Å². The minimum atomic E-state index is -0.00500. The first-order valence-corrected chi connectivity index (χ1v) is 2.90. The average molecular weight is 140 g/mol. The van der Waals surface area contributed by atoms with Gasteiger partial charge in [0.15, 0.2) is 5.78 Å². The van der Waals surface area contributed by atoms with Gasteiger partial charge in [-0.3, -0.25) is 4.79 Å². The van der Waals surface area contributed by atoms with Crippen LogP contribution in [0.4, 0.5) is 0 Å². The lowest BCUT2D eigenvalue weighted by Gasteiger charge is -1.96. The van der Waals surface area contributed by atoms with Crippen LogP contribution >= 0.6 is 0 Å². The fourth-order valence-electron chi connectivity index (χ4n) is 0.503. The lowest BCUT2D eigenvalue weighted by atomic mass is 10.5. The maximum atomic E-state index is 10.4. The molecule has 1 aromatic heterocycles. The summed E-state index contributed by atoms with van der Waals surface area (Å²) in [6, 6.07) is 1.66. The fourth-order valence-corrected chi connectivity index (χ4v) is 0.503. The Morgan fingerprint density at radius 1 is 1.90 bits per heavy atom. The highest BCUT2D eigenvalue weighted by Gasteiger charge is 1.95. The van der Waals surface area contributed by atoms with Gasteiger partial charge in [0.1, 0.15) is 6.61 Å². The number of hydrogen-bond acceptors (Lipinski definition) is 3. The minimum absolute atomic E-state index is 0.00500. The Morgan fingerprint density at radius 3 is 3.20 bits per heavy atom. The van der Waals surface area contributed by atoms with Gasteiger partial charge in [-0.2, -0.15) is 5.10 Å². The van der Waals surface area contributed by atoms with Crippen LogP contribution in [0, 0.1) is 0 Å². The van der Waals surface area contributed by atoms with Crippen molar-refractivity contribution in [3.63, 3.8) is 0 Å². The number of ether oxygens (including phenoxy) is 1. The second-order valence-electron chi connectivity index (χ2n) is 1.91. The molecule has 0 aliphatic rings. The standard InChI is InChI=1S/C6H8N2O2/c1-5(9)4-10-6-2-3-7-8-6/h2-3H,4H2,1H3,(H,7,8). The normalized spacial score (nSPS) is 9.30. The Balaban J connectivity index is 2.35. The monoisotopic (exact) mass is 140 g/mol. The number of H-pyrrole nitrogens is 1. The summed E-state index contributed by atoms with van der Waals surface area (Å²) >= 11 is 0. The molecule has 4 nitrogen and oxygen atoms in total. The molecule has 10 heavy (non-hydrogen) atoms. The lowest BCUT2D eigenvalue weighted by molar-refractivity contribution is -0.119. The Bertz CT molecular complexity index is 206. The number of hydrogen-bond donors (Lipinski definition) is 1. The van der Waals surface area contributed by atoms with Crippen molar-refractivity contribution >= 4 is 5.78 Å². The number of nitrogens with zero attached hydrogens (tertiary/aromatic N) is 1. The van der Waals surface area contributed by atoms with Crippen molar-refractivity contribution in [1.29, 1.82) is 0 Å². The van der Waals surface area contributed by atoms with Gasteiger partial charge in [0.25, 0.3) is 0 Å². The molecule has 0 saturated carbocycles. The van der Waals surface area contributed by atoms with Crippen LogP contribution in [0.5, 0.6) is 5.88 Å². The highest BCUT2D eigenvalue weighted by atomic mass is 16.5. The van der Waals surface area contributed by atoms with Crippen LogP contribution in [0.3, 0.4) is 0 Å². The van der Waals surface area contributed by atoms with Crippen LogP contribution in [0.15, 0.2) is 12.3 Å². The van der Waals surface area contributed by atoms with Crippen molar-refractivity contribution < 1.29 is 9.53 Å². The van der Waals surface area contributed by atoms with Gasteiger partial charge in [-0.1, -0.05) is 0 Å². The van der Waals surface area contributed by atoms with Crippen LogP contribution in [-0.2, 0) is 4.79 Å². The number of aromatic nitrogens is 2. The Morgan fingerprint density at radius 2 is 2.70 bits per heavy atom. The largest absolute Gasteiger partial charge is 0.470 e. The molecule has 0 aliphatic heterocycles. The van der Waals surface area contributed by atoms with Gasteiger partial charge in [0.05, 0.1) is 6.20 Å². The topological polar surface area (TPSA) is 55.0 Å². The van der Waals surface area contributed by atoms with Crippen molar-refractivity contribution in [2.45, 2.75) is 6.92 Å². The molecule has 0 amide bonds. The highest BCUT2D eigenvalue weighted by Crippen LogP contribution is 2.00. The smallest absolute Gasteiger partial charge is 0.209 e. The molecule has 0 spiro atoms. The molecule has 0 bridgehead atoms. The van der Waals surface area contributed by atoms with Crippen molar-refractivity contribution in [3.05, 3.63) is 12.3 Å². The average Bonchev–Trinajstić information content (AvgIpc) is 2.34.